The molecule has 2 rings (SSSR count). The predicted molar refractivity (Wildman–Crippen MR) is 75.6 cm³/mol. The number of likely N-dealkylation sites (tertiary alicyclic amines) is 1. The van der Waals surface area contributed by atoms with Crippen LogP contribution >= 0.6 is 0 Å². The Morgan fingerprint density at radius 2 is 2.26 bits per heavy atom. The zero-order valence-electron chi connectivity index (χ0n) is 11.7. The van der Waals surface area contributed by atoms with Crippen molar-refractivity contribution in [1.29, 1.82) is 0 Å². The molecule has 1 fully saturated rings. The lowest BCUT2D eigenvalue weighted by molar-refractivity contribution is 0.0938. The summed E-state index contributed by atoms with van der Waals surface area (Å²) in [5, 5.41) is 3.02. The number of hydrogen-bond donors (Lipinski definition) is 1. The van der Waals surface area contributed by atoms with Gasteiger partial charge in [0.15, 0.2) is 0 Å². The standard InChI is InChI=1S/C15H22N2O2/c1-3-17-10-6-7-12(17)11-16-15(18)13-8-4-5-9-14(13)19-2/h4-5,8-9,12H,3,6-7,10-11H2,1-2H3,(H,16,18)/t12-/m0/s1. The van der Waals surface area contributed by atoms with Gasteiger partial charge in [-0.15, -0.1) is 0 Å². The summed E-state index contributed by atoms with van der Waals surface area (Å²) in [5.41, 5.74) is 0.603. The maximum Gasteiger partial charge on any atom is 0.255 e. The van der Waals surface area contributed by atoms with E-state index in [1.807, 2.05) is 18.2 Å². The molecule has 4 nitrogen and oxygen atoms in total. The first-order valence-electron chi connectivity index (χ1n) is 6.91. The number of nitrogens with zero attached hydrogens (tertiary/aromatic N) is 1. The van der Waals surface area contributed by atoms with Crippen LogP contribution in [0.15, 0.2) is 24.3 Å². The van der Waals surface area contributed by atoms with E-state index in [9.17, 15) is 4.79 Å². The molecule has 104 valence electrons. The van der Waals surface area contributed by atoms with Gasteiger partial charge in [-0.05, 0) is 38.1 Å². The number of likely N-dealkylation sites (N-methyl/N-ethyl adjacent to an activating group) is 1. The Morgan fingerprint density at radius 3 is 3.00 bits per heavy atom. The summed E-state index contributed by atoms with van der Waals surface area (Å²) in [5.74, 6) is 0.569. The fourth-order valence-corrected chi connectivity index (χ4v) is 2.68. The molecule has 19 heavy (non-hydrogen) atoms. The van der Waals surface area contributed by atoms with Gasteiger partial charge in [0.1, 0.15) is 5.75 Å². The van der Waals surface area contributed by atoms with Crippen LogP contribution in [0.25, 0.3) is 0 Å². The number of rotatable bonds is 5. The van der Waals surface area contributed by atoms with Crippen LogP contribution in [-0.2, 0) is 0 Å². The highest BCUT2D eigenvalue weighted by Gasteiger charge is 2.23. The fourth-order valence-electron chi connectivity index (χ4n) is 2.68. The molecule has 0 spiro atoms. The third-order valence-electron chi connectivity index (χ3n) is 3.76. The monoisotopic (exact) mass is 262 g/mol. The molecule has 4 heteroatoms. The Hall–Kier alpha value is -1.55. The quantitative estimate of drug-likeness (QED) is 0.881. The number of para-hydroxylation sites is 1. The normalized spacial score (nSPS) is 19.4. The number of methoxy groups -OCH3 is 1. The van der Waals surface area contributed by atoms with Crippen LogP contribution in [0.2, 0.25) is 0 Å². The van der Waals surface area contributed by atoms with E-state index in [0.717, 1.165) is 13.1 Å². The SMILES string of the molecule is CCN1CCC[C@H]1CNC(=O)c1ccccc1OC. The van der Waals surface area contributed by atoms with Gasteiger partial charge in [0.05, 0.1) is 12.7 Å². The minimum Gasteiger partial charge on any atom is -0.496 e. The van der Waals surface area contributed by atoms with Crippen LogP contribution in [0.4, 0.5) is 0 Å². The van der Waals surface area contributed by atoms with Crippen molar-refractivity contribution in [1.82, 2.24) is 10.2 Å². The van der Waals surface area contributed by atoms with Gasteiger partial charge in [-0.3, -0.25) is 9.69 Å². The van der Waals surface area contributed by atoms with Crippen molar-refractivity contribution in [3.05, 3.63) is 29.8 Å². The zero-order valence-corrected chi connectivity index (χ0v) is 11.7. The van der Waals surface area contributed by atoms with Crippen LogP contribution in [0.3, 0.4) is 0 Å². The highest BCUT2D eigenvalue weighted by molar-refractivity contribution is 5.96. The number of carbonyl (C=O) groups is 1. The van der Waals surface area contributed by atoms with Gasteiger partial charge in [0.25, 0.3) is 5.91 Å². The smallest absolute Gasteiger partial charge is 0.255 e. The molecule has 1 aliphatic rings. The molecule has 0 aliphatic carbocycles. The number of nitrogens with one attached hydrogen (secondary N) is 1. The van der Waals surface area contributed by atoms with Crippen molar-refractivity contribution < 1.29 is 9.53 Å². The Morgan fingerprint density at radius 1 is 1.47 bits per heavy atom. The third kappa shape index (κ3) is 3.26. The van der Waals surface area contributed by atoms with Crippen LogP contribution in [0.5, 0.6) is 5.75 Å². The summed E-state index contributed by atoms with van der Waals surface area (Å²) in [7, 11) is 1.59. The molecule has 0 radical (unpaired) electrons. The van der Waals surface area contributed by atoms with Gasteiger partial charge in [0.2, 0.25) is 0 Å². The fraction of sp³-hybridized carbons (Fsp3) is 0.533. The van der Waals surface area contributed by atoms with Crippen molar-refractivity contribution in [3.8, 4) is 5.75 Å². The van der Waals surface area contributed by atoms with E-state index < -0.39 is 0 Å². The second kappa shape index (κ2) is 6.57. The Kier molecular flexibility index (Phi) is 4.80. The molecule has 0 saturated carbocycles. The van der Waals surface area contributed by atoms with Gasteiger partial charge in [0, 0.05) is 12.6 Å². The molecule has 0 bridgehead atoms. The van der Waals surface area contributed by atoms with Gasteiger partial charge in [-0.2, -0.15) is 0 Å². The Labute approximate surface area is 114 Å². The number of carbonyl (C=O) groups excluding carboxylic acids is 1. The molecule has 0 aromatic heterocycles. The van der Waals surface area contributed by atoms with E-state index in [1.165, 1.54) is 12.8 Å². The van der Waals surface area contributed by atoms with E-state index in [1.54, 1.807) is 13.2 Å². The van der Waals surface area contributed by atoms with Crippen LogP contribution in [0.1, 0.15) is 30.1 Å². The van der Waals surface area contributed by atoms with E-state index >= 15 is 0 Å². The maximum absolute atomic E-state index is 12.2. The molecule has 1 aliphatic heterocycles. The molecule has 0 unspecified atom stereocenters. The first kappa shape index (κ1) is 13.9. The minimum absolute atomic E-state index is 0.0552. The van der Waals surface area contributed by atoms with E-state index in [4.69, 9.17) is 4.74 Å². The molecule has 1 amide bonds. The summed E-state index contributed by atoms with van der Waals surface area (Å²) in [6.07, 6.45) is 2.39. The zero-order chi connectivity index (χ0) is 13.7. The summed E-state index contributed by atoms with van der Waals surface area (Å²) < 4.78 is 5.21. The Balaban J connectivity index is 1.94. The summed E-state index contributed by atoms with van der Waals surface area (Å²) in [6.45, 7) is 5.08. The van der Waals surface area contributed by atoms with E-state index in [-0.39, 0.29) is 5.91 Å². The van der Waals surface area contributed by atoms with Gasteiger partial charge in [-0.25, -0.2) is 0 Å². The van der Waals surface area contributed by atoms with Crippen molar-refractivity contribution in [3.63, 3.8) is 0 Å². The molecule has 1 saturated heterocycles. The number of ether oxygens (including phenoxy) is 1. The van der Waals surface area contributed by atoms with Crippen molar-refractivity contribution in [2.24, 2.45) is 0 Å². The number of amides is 1. The maximum atomic E-state index is 12.2. The van der Waals surface area contributed by atoms with E-state index in [0.29, 0.717) is 23.9 Å². The molecule has 1 N–H and O–H groups in total. The largest absolute Gasteiger partial charge is 0.496 e. The summed E-state index contributed by atoms with van der Waals surface area (Å²) >= 11 is 0. The highest BCUT2D eigenvalue weighted by atomic mass is 16.5. The van der Waals surface area contributed by atoms with E-state index in [2.05, 4.69) is 17.1 Å². The first-order chi connectivity index (χ1) is 9.26. The summed E-state index contributed by atoms with van der Waals surface area (Å²) in [4.78, 5) is 14.6. The van der Waals surface area contributed by atoms with Crippen molar-refractivity contribution >= 4 is 5.91 Å². The average Bonchev–Trinajstić information content (AvgIpc) is 2.92. The summed E-state index contributed by atoms with van der Waals surface area (Å²) in [6, 6.07) is 7.80. The molecule has 1 atom stereocenters. The molecular weight excluding hydrogens is 240 g/mol. The van der Waals surface area contributed by atoms with Gasteiger partial charge >= 0.3 is 0 Å². The lowest BCUT2D eigenvalue weighted by atomic mass is 10.1. The second-order valence-corrected chi connectivity index (χ2v) is 4.83. The van der Waals surface area contributed by atoms with Crippen LogP contribution in [-0.4, -0.2) is 43.6 Å². The molecular formula is C15H22N2O2. The molecule has 1 aromatic carbocycles. The van der Waals surface area contributed by atoms with Crippen molar-refractivity contribution in [2.75, 3.05) is 26.7 Å². The number of benzene rings is 1. The van der Waals surface area contributed by atoms with Gasteiger partial charge in [-0.1, -0.05) is 19.1 Å². The Bertz CT molecular complexity index is 434. The lowest BCUT2D eigenvalue weighted by Crippen LogP contribution is -2.40. The second-order valence-electron chi connectivity index (χ2n) is 4.83. The topological polar surface area (TPSA) is 41.6 Å². The average molecular weight is 262 g/mol. The van der Waals surface area contributed by atoms with Crippen molar-refractivity contribution in [2.45, 2.75) is 25.8 Å². The third-order valence-corrected chi connectivity index (χ3v) is 3.76. The minimum atomic E-state index is -0.0552. The number of hydrogen-bond acceptors (Lipinski definition) is 3. The van der Waals surface area contributed by atoms with Crippen LogP contribution in [0, 0.1) is 0 Å². The van der Waals surface area contributed by atoms with Gasteiger partial charge < -0.3 is 10.1 Å². The first-order valence-corrected chi connectivity index (χ1v) is 6.91. The lowest BCUT2D eigenvalue weighted by Gasteiger charge is -2.23. The molecule has 1 aromatic rings. The highest BCUT2D eigenvalue weighted by Crippen LogP contribution is 2.18. The predicted octanol–water partition coefficient (Wildman–Crippen LogP) is 1.91. The molecule has 1 heterocycles. The van der Waals surface area contributed by atoms with Crippen LogP contribution < -0.4 is 10.1 Å².